The lowest BCUT2D eigenvalue weighted by atomic mass is 10.0. The number of methoxy groups -OCH3 is 1. The summed E-state index contributed by atoms with van der Waals surface area (Å²) in [6.45, 7) is 1.50. The Morgan fingerprint density at radius 3 is 2.38 bits per heavy atom. The molecule has 1 aromatic rings. The summed E-state index contributed by atoms with van der Waals surface area (Å²) in [5.41, 5.74) is 0.874. The lowest BCUT2D eigenvalue weighted by Crippen LogP contribution is -2.45. The summed E-state index contributed by atoms with van der Waals surface area (Å²) in [4.78, 5) is 34.3. The number of ether oxygens (including phenoxy) is 1. The summed E-state index contributed by atoms with van der Waals surface area (Å²) in [5, 5.41) is 11.2. The molecule has 2 atom stereocenters. The van der Waals surface area contributed by atoms with Crippen LogP contribution in [-0.4, -0.2) is 36.1 Å². The predicted octanol–water partition coefficient (Wildman–Crippen LogP) is 0.998. The van der Waals surface area contributed by atoms with Crippen molar-refractivity contribution in [1.29, 1.82) is 0 Å². The van der Waals surface area contributed by atoms with Gasteiger partial charge in [-0.3, -0.25) is 9.59 Å². The van der Waals surface area contributed by atoms with Crippen LogP contribution in [0.4, 0.5) is 0 Å². The molecule has 1 amide bonds. The second kappa shape index (κ2) is 8.04. The molecule has 114 valence electrons. The smallest absolute Gasteiger partial charge is 0.328 e. The summed E-state index contributed by atoms with van der Waals surface area (Å²) in [7, 11) is 1.24. The largest absolute Gasteiger partial charge is 0.481 e. The van der Waals surface area contributed by atoms with Gasteiger partial charge in [0.1, 0.15) is 6.04 Å². The summed E-state index contributed by atoms with van der Waals surface area (Å²) < 4.78 is 4.68. The van der Waals surface area contributed by atoms with Crippen molar-refractivity contribution in [3.63, 3.8) is 0 Å². The topological polar surface area (TPSA) is 92.7 Å². The van der Waals surface area contributed by atoms with E-state index in [-0.39, 0.29) is 6.42 Å². The molecule has 0 aliphatic carbocycles. The fourth-order valence-electron chi connectivity index (χ4n) is 1.85. The molecule has 1 aromatic carbocycles. The molecule has 6 heteroatoms. The number of benzene rings is 1. The highest BCUT2D eigenvalue weighted by Gasteiger charge is 2.25. The van der Waals surface area contributed by atoms with Crippen LogP contribution in [0.1, 0.15) is 18.9 Å². The maximum atomic E-state index is 11.9. The van der Waals surface area contributed by atoms with E-state index in [0.717, 1.165) is 5.56 Å². The molecule has 0 spiro atoms. The summed E-state index contributed by atoms with van der Waals surface area (Å²) in [6.07, 6.45) is 0.00408. The molecule has 0 aliphatic rings. The van der Waals surface area contributed by atoms with Crippen molar-refractivity contribution in [1.82, 2.24) is 5.32 Å². The number of hydrogen-bond acceptors (Lipinski definition) is 4. The van der Waals surface area contributed by atoms with Gasteiger partial charge >= 0.3 is 11.9 Å². The number of carboxylic acids is 1. The van der Waals surface area contributed by atoms with Crippen LogP contribution >= 0.6 is 0 Å². The Bertz CT molecular complexity index is 500. The van der Waals surface area contributed by atoms with Crippen molar-refractivity contribution in [2.24, 2.45) is 5.92 Å². The molecule has 6 nitrogen and oxygen atoms in total. The first-order valence-electron chi connectivity index (χ1n) is 6.58. The number of amides is 1. The van der Waals surface area contributed by atoms with Crippen LogP contribution < -0.4 is 5.32 Å². The molecule has 0 unspecified atom stereocenters. The van der Waals surface area contributed by atoms with E-state index in [2.05, 4.69) is 10.1 Å². The van der Waals surface area contributed by atoms with Crippen molar-refractivity contribution < 1.29 is 24.2 Å². The van der Waals surface area contributed by atoms with Crippen LogP contribution in [0.3, 0.4) is 0 Å². The van der Waals surface area contributed by atoms with E-state index in [1.54, 1.807) is 0 Å². The highest BCUT2D eigenvalue weighted by Crippen LogP contribution is 2.07. The third-order valence-corrected chi connectivity index (χ3v) is 3.01. The first-order chi connectivity index (χ1) is 9.93. The van der Waals surface area contributed by atoms with Gasteiger partial charge in [0.25, 0.3) is 0 Å². The molecule has 1 rings (SSSR count). The summed E-state index contributed by atoms with van der Waals surface area (Å²) in [5.74, 6) is -2.82. The van der Waals surface area contributed by atoms with Gasteiger partial charge in [0.15, 0.2) is 0 Å². The van der Waals surface area contributed by atoms with Crippen LogP contribution in [0.15, 0.2) is 30.3 Å². The van der Waals surface area contributed by atoms with Crippen molar-refractivity contribution in [2.45, 2.75) is 25.8 Å². The second-order valence-electron chi connectivity index (χ2n) is 4.77. The Kier molecular flexibility index (Phi) is 6.39. The Balaban J connectivity index is 2.72. The van der Waals surface area contributed by atoms with Crippen molar-refractivity contribution in [3.05, 3.63) is 35.9 Å². The minimum Gasteiger partial charge on any atom is -0.481 e. The van der Waals surface area contributed by atoms with Crippen molar-refractivity contribution >= 4 is 17.8 Å². The molecule has 0 saturated carbocycles. The van der Waals surface area contributed by atoms with Gasteiger partial charge in [-0.05, 0) is 5.56 Å². The Morgan fingerprint density at radius 1 is 1.24 bits per heavy atom. The van der Waals surface area contributed by atoms with Crippen LogP contribution in [0.2, 0.25) is 0 Å². The molecule has 0 radical (unpaired) electrons. The quantitative estimate of drug-likeness (QED) is 0.732. The van der Waals surface area contributed by atoms with Gasteiger partial charge in [-0.25, -0.2) is 4.79 Å². The van der Waals surface area contributed by atoms with E-state index in [0.29, 0.717) is 6.42 Å². The van der Waals surface area contributed by atoms with E-state index in [4.69, 9.17) is 5.11 Å². The highest BCUT2D eigenvalue weighted by molar-refractivity contribution is 5.87. The lowest BCUT2D eigenvalue weighted by Gasteiger charge is -2.18. The van der Waals surface area contributed by atoms with Gasteiger partial charge in [0, 0.05) is 12.3 Å². The second-order valence-corrected chi connectivity index (χ2v) is 4.77. The number of hydrogen-bond donors (Lipinski definition) is 2. The Labute approximate surface area is 123 Å². The average Bonchev–Trinajstić information content (AvgIpc) is 2.46. The zero-order valence-electron chi connectivity index (χ0n) is 12.0. The minimum atomic E-state index is -1.06. The zero-order valence-corrected chi connectivity index (χ0v) is 12.0. The van der Waals surface area contributed by atoms with E-state index in [1.165, 1.54) is 14.0 Å². The third-order valence-electron chi connectivity index (χ3n) is 3.01. The number of carbonyl (C=O) groups is 3. The summed E-state index contributed by atoms with van der Waals surface area (Å²) in [6, 6.07) is 8.36. The van der Waals surface area contributed by atoms with Gasteiger partial charge in [-0.1, -0.05) is 37.3 Å². The number of rotatable bonds is 7. The molecule has 0 fully saturated rings. The van der Waals surface area contributed by atoms with Gasteiger partial charge in [-0.15, -0.1) is 0 Å². The fourth-order valence-corrected chi connectivity index (χ4v) is 1.85. The lowest BCUT2D eigenvalue weighted by molar-refractivity contribution is -0.146. The van der Waals surface area contributed by atoms with Crippen LogP contribution in [0.5, 0.6) is 0 Å². The Morgan fingerprint density at radius 2 is 1.86 bits per heavy atom. The predicted molar refractivity (Wildman–Crippen MR) is 75.5 cm³/mol. The van der Waals surface area contributed by atoms with Gasteiger partial charge in [0.05, 0.1) is 13.5 Å². The normalized spacial score (nSPS) is 13.0. The fraction of sp³-hybridized carbons (Fsp3) is 0.400. The first kappa shape index (κ1) is 16.7. The maximum Gasteiger partial charge on any atom is 0.328 e. The monoisotopic (exact) mass is 293 g/mol. The van der Waals surface area contributed by atoms with E-state index >= 15 is 0 Å². The third kappa shape index (κ3) is 5.64. The molecule has 0 bridgehead atoms. The van der Waals surface area contributed by atoms with E-state index < -0.39 is 29.8 Å². The highest BCUT2D eigenvalue weighted by atomic mass is 16.5. The van der Waals surface area contributed by atoms with Crippen LogP contribution in [0, 0.1) is 5.92 Å². The molecule has 2 N–H and O–H groups in total. The molecule has 21 heavy (non-hydrogen) atoms. The number of carboxylic acid groups (broad SMARTS) is 1. The number of aliphatic carboxylic acids is 1. The molecule has 0 aliphatic heterocycles. The van der Waals surface area contributed by atoms with Crippen LogP contribution in [-0.2, 0) is 25.5 Å². The maximum absolute atomic E-state index is 11.9. The van der Waals surface area contributed by atoms with E-state index in [9.17, 15) is 14.4 Å². The summed E-state index contributed by atoms with van der Waals surface area (Å²) >= 11 is 0. The van der Waals surface area contributed by atoms with Crippen molar-refractivity contribution in [3.8, 4) is 0 Å². The average molecular weight is 293 g/mol. The van der Waals surface area contributed by atoms with Gasteiger partial charge in [-0.2, -0.15) is 0 Å². The first-order valence-corrected chi connectivity index (χ1v) is 6.58. The minimum absolute atomic E-state index is 0.287. The molecule has 0 saturated heterocycles. The SMILES string of the molecule is COC(=O)[C@H](Cc1ccccc1)NC(=O)[C@@H](C)CC(=O)O. The molecular formula is C15H19NO5. The van der Waals surface area contributed by atoms with Crippen molar-refractivity contribution in [2.75, 3.05) is 7.11 Å². The Hall–Kier alpha value is -2.37. The van der Waals surface area contributed by atoms with Gasteiger partial charge in [0.2, 0.25) is 5.91 Å². The van der Waals surface area contributed by atoms with Crippen LogP contribution in [0.25, 0.3) is 0 Å². The molecular weight excluding hydrogens is 274 g/mol. The number of nitrogens with one attached hydrogen (secondary N) is 1. The molecule has 0 aromatic heterocycles. The standard InChI is InChI=1S/C15H19NO5/c1-10(8-13(17)18)14(19)16-12(15(20)21-2)9-11-6-4-3-5-7-11/h3-7,10,12H,8-9H2,1-2H3,(H,16,19)(H,17,18)/t10-,12-/m0/s1. The number of esters is 1. The van der Waals surface area contributed by atoms with E-state index in [1.807, 2.05) is 30.3 Å². The number of carbonyl (C=O) groups excluding carboxylic acids is 2. The molecule has 0 heterocycles. The van der Waals surface area contributed by atoms with Gasteiger partial charge < -0.3 is 15.2 Å². The zero-order chi connectivity index (χ0) is 15.8.